The number of carbonyl (C=O) groups is 1. The highest BCUT2D eigenvalue weighted by Crippen LogP contribution is 2.20. The summed E-state index contributed by atoms with van der Waals surface area (Å²) in [7, 11) is -3.67. The Morgan fingerprint density at radius 3 is 2.68 bits per heavy atom. The number of sulfonamides is 1. The molecule has 1 aromatic rings. The van der Waals surface area contributed by atoms with Gasteiger partial charge in [0.15, 0.2) is 0 Å². The van der Waals surface area contributed by atoms with E-state index < -0.39 is 16.0 Å². The zero-order chi connectivity index (χ0) is 14.5. The van der Waals surface area contributed by atoms with Crippen LogP contribution in [0.1, 0.15) is 23.2 Å². The van der Waals surface area contributed by atoms with Gasteiger partial charge in [-0.05, 0) is 31.0 Å². The van der Waals surface area contributed by atoms with Crippen LogP contribution in [0.3, 0.4) is 0 Å². The zero-order valence-electron chi connectivity index (χ0n) is 10.1. The summed E-state index contributed by atoms with van der Waals surface area (Å²) in [4.78, 5) is 10.7. The number of carboxylic acids is 1. The first-order chi connectivity index (χ1) is 8.88. The lowest BCUT2D eigenvalue weighted by Crippen LogP contribution is -2.24. The molecule has 0 spiro atoms. The minimum atomic E-state index is -3.67. The Labute approximate surface area is 117 Å². The van der Waals surface area contributed by atoms with Gasteiger partial charge in [0, 0.05) is 6.54 Å². The fraction of sp³-hybridized carbons (Fsp3) is 0.250. The summed E-state index contributed by atoms with van der Waals surface area (Å²) in [5, 5.41) is 8.69. The Hall–Kier alpha value is -1.37. The second-order valence-corrected chi connectivity index (χ2v) is 5.95. The minimum absolute atomic E-state index is 0.0545. The van der Waals surface area contributed by atoms with Gasteiger partial charge >= 0.3 is 5.97 Å². The van der Waals surface area contributed by atoms with E-state index in [1.807, 2.05) is 0 Å². The Morgan fingerprint density at radius 1 is 1.47 bits per heavy atom. The van der Waals surface area contributed by atoms with Crippen LogP contribution in [0.4, 0.5) is 0 Å². The van der Waals surface area contributed by atoms with E-state index in [4.69, 9.17) is 16.7 Å². The monoisotopic (exact) mass is 303 g/mol. The Balaban J connectivity index is 2.87. The normalized spacial score (nSPS) is 11.2. The van der Waals surface area contributed by atoms with E-state index in [1.54, 1.807) is 6.08 Å². The molecular formula is C12H14ClNO4S. The van der Waals surface area contributed by atoms with Gasteiger partial charge in [0.05, 0.1) is 15.5 Å². The number of aromatic carboxylic acids is 1. The van der Waals surface area contributed by atoms with Crippen LogP contribution in [-0.2, 0) is 10.0 Å². The summed E-state index contributed by atoms with van der Waals surface area (Å²) in [6.45, 7) is 3.82. The molecule has 0 aliphatic rings. The number of hydrogen-bond acceptors (Lipinski definition) is 3. The summed E-state index contributed by atoms with van der Waals surface area (Å²) in [5.74, 6) is -1.20. The van der Waals surface area contributed by atoms with Crippen LogP contribution in [0, 0.1) is 0 Å². The van der Waals surface area contributed by atoms with Crippen molar-refractivity contribution in [1.29, 1.82) is 0 Å². The van der Waals surface area contributed by atoms with Gasteiger partial charge < -0.3 is 5.11 Å². The van der Waals surface area contributed by atoms with E-state index in [2.05, 4.69) is 11.3 Å². The van der Waals surface area contributed by atoms with Crippen LogP contribution in [0.25, 0.3) is 0 Å². The molecule has 7 heteroatoms. The molecule has 0 heterocycles. The molecule has 0 bridgehead atoms. The number of nitrogens with one attached hydrogen (secondary N) is 1. The molecule has 1 rings (SSSR count). The molecule has 0 amide bonds. The Bertz CT molecular complexity index is 583. The van der Waals surface area contributed by atoms with Gasteiger partial charge in [-0.15, -0.1) is 6.58 Å². The molecule has 0 radical (unpaired) electrons. The van der Waals surface area contributed by atoms with Gasteiger partial charge in [-0.3, -0.25) is 0 Å². The second-order valence-electron chi connectivity index (χ2n) is 3.78. The largest absolute Gasteiger partial charge is 0.478 e. The fourth-order valence-electron chi connectivity index (χ4n) is 1.37. The lowest BCUT2D eigenvalue weighted by molar-refractivity contribution is 0.0697. The van der Waals surface area contributed by atoms with E-state index in [0.29, 0.717) is 12.8 Å². The molecule has 0 aromatic heterocycles. The number of allylic oxidation sites excluding steroid dienone is 1. The third-order valence-electron chi connectivity index (χ3n) is 2.36. The summed E-state index contributed by atoms with van der Waals surface area (Å²) >= 11 is 5.73. The highest BCUT2D eigenvalue weighted by Gasteiger charge is 2.17. The van der Waals surface area contributed by atoms with Crippen molar-refractivity contribution in [2.24, 2.45) is 0 Å². The first kappa shape index (κ1) is 15.7. The summed E-state index contributed by atoms with van der Waals surface area (Å²) in [6, 6.07) is 3.51. The van der Waals surface area contributed by atoms with Crippen molar-refractivity contribution in [3.05, 3.63) is 41.4 Å². The molecule has 1 aromatic carbocycles. The van der Waals surface area contributed by atoms with E-state index in [0.717, 1.165) is 6.07 Å². The Kier molecular flexibility index (Phi) is 5.53. The smallest absolute Gasteiger partial charge is 0.337 e. The van der Waals surface area contributed by atoms with Gasteiger partial charge in [0.1, 0.15) is 0 Å². The van der Waals surface area contributed by atoms with Crippen molar-refractivity contribution in [2.75, 3.05) is 6.54 Å². The number of halogens is 1. The van der Waals surface area contributed by atoms with E-state index in [1.165, 1.54) is 12.1 Å². The third kappa shape index (κ3) is 4.34. The number of carboxylic acid groups (broad SMARTS) is 1. The molecule has 0 saturated carbocycles. The lowest BCUT2D eigenvalue weighted by Gasteiger charge is -2.07. The number of hydrogen-bond donors (Lipinski definition) is 2. The predicted octanol–water partition coefficient (Wildman–Crippen LogP) is 2.28. The third-order valence-corrected chi connectivity index (χ3v) is 4.13. The van der Waals surface area contributed by atoms with E-state index >= 15 is 0 Å². The van der Waals surface area contributed by atoms with Crippen LogP contribution in [0.5, 0.6) is 0 Å². The van der Waals surface area contributed by atoms with Crippen LogP contribution < -0.4 is 4.72 Å². The predicted molar refractivity (Wildman–Crippen MR) is 73.0 cm³/mol. The maximum Gasteiger partial charge on any atom is 0.337 e. The average Bonchev–Trinajstić information content (AvgIpc) is 2.34. The molecule has 0 fully saturated rings. The number of unbranched alkanes of at least 4 members (excludes halogenated alkanes) is 1. The number of rotatable bonds is 7. The first-order valence-electron chi connectivity index (χ1n) is 5.52. The van der Waals surface area contributed by atoms with Crippen LogP contribution in [0.2, 0.25) is 5.02 Å². The topological polar surface area (TPSA) is 83.5 Å². The average molecular weight is 304 g/mol. The van der Waals surface area contributed by atoms with Crippen molar-refractivity contribution in [2.45, 2.75) is 17.7 Å². The molecule has 5 nitrogen and oxygen atoms in total. The summed E-state index contributed by atoms with van der Waals surface area (Å²) in [5.41, 5.74) is -0.132. The molecule has 0 aliphatic heterocycles. The van der Waals surface area contributed by atoms with Crippen molar-refractivity contribution in [3.63, 3.8) is 0 Å². The zero-order valence-corrected chi connectivity index (χ0v) is 11.7. The van der Waals surface area contributed by atoms with Crippen molar-refractivity contribution in [3.8, 4) is 0 Å². The molecule has 19 heavy (non-hydrogen) atoms. The molecule has 0 saturated heterocycles. The van der Waals surface area contributed by atoms with Crippen LogP contribution in [-0.4, -0.2) is 26.0 Å². The van der Waals surface area contributed by atoms with Crippen LogP contribution in [0.15, 0.2) is 35.7 Å². The minimum Gasteiger partial charge on any atom is -0.478 e. The molecule has 104 valence electrons. The quantitative estimate of drug-likeness (QED) is 0.598. The van der Waals surface area contributed by atoms with Gasteiger partial charge in [0.2, 0.25) is 10.0 Å². The second kappa shape index (κ2) is 6.70. The Morgan fingerprint density at radius 2 is 2.16 bits per heavy atom. The maximum atomic E-state index is 11.9. The lowest BCUT2D eigenvalue weighted by atomic mass is 10.2. The first-order valence-corrected chi connectivity index (χ1v) is 7.38. The SMILES string of the molecule is C=CCCCNS(=O)(=O)c1ccc(C(=O)O)c(Cl)c1. The molecule has 0 unspecified atom stereocenters. The maximum absolute atomic E-state index is 11.9. The van der Waals surface area contributed by atoms with E-state index in [-0.39, 0.29) is 22.0 Å². The van der Waals surface area contributed by atoms with E-state index in [9.17, 15) is 13.2 Å². The summed E-state index contributed by atoms with van der Waals surface area (Å²) < 4.78 is 26.2. The molecule has 0 atom stereocenters. The van der Waals surface area contributed by atoms with Crippen LogP contribution >= 0.6 is 11.6 Å². The highest BCUT2D eigenvalue weighted by molar-refractivity contribution is 7.89. The molecule has 2 N–H and O–H groups in total. The van der Waals surface area contributed by atoms with Gasteiger partial charge in [-0.2, -0.15) is 0 Å². The molecular weight excluding hydrogens is 290 g/mol. The fourth-order valence-corrected chi connectivity index (χ4v) is 2.80. The summed E-state index contributed by atoms with van der Waals surface area (Å²) in [6.07, 6.45) is 3.05. The van der Waals surface area contributed by atoms with Crippen molar-refractivity contribution in [1.82, 2.24) is 4.72 Å². The highest BCUT2D eigenvalue weighted by atomic mass is 35.5. The van der Waals surface area contributed by atoms with Crippen molar-refractivity contribution < 1.29 is 18.3 Å². The molecule has 0 aliphatic carbocycles. The van der Waals surface area contributed by atoms with Gasteiger partial charge in [-0.25, -0.2) is 17.9 Å². The number of benzene rings is 1. The standard InChI is InChI=1S/C12H14ClNO4S/c1-2-3-4-7-14-19(17,18)9-5-6-10(12(15)16)11(13)8-9/h2,5-6,8,14H,1,3-4,7H2,(H,15,16). The van der Waals surface area contributed by atoms with Gasteiger partial charge in [-0.1, -0.05) is 17.7 Å². The van der Waals surface area contributed by atoms with Gasteiger partial charge in [0.25, 0.3) is 0 Å². The van der Waals surface area contributed by atoms with Crippen molar-refractivity contribution >= 4 is 27.6 Å².